The number of piperidine rings is 1. The lowest BCUT2D eigenvalue weighted by atomic mass is 9.87. The minimum Gasteiger partial charge on any atom is -0.480 e. The van der Waals surface area contributed by atoms with Crippen LogP contribution in [0.3, 0.4) is 0 Å². The van der Waals surface area contributed by atoms with E-state index in [9.17, 15) is 18.7 Å². The van der Waals surface area contributed by atoms with Gasteiger partial charge in [-0.1, -0.05) is 44.2 Å². The molecule has 220 valence electrons. The normalized spacial score (nSPS) is 21.5. The summed E-state index contributed by atoms with van der Waals surface area (Å²) in [6.45, 7) is 10.9. The molecule has 8 heteroatoms. The highest BCUT2D eigenvalue weighted by Gasteiger charge is 2.41. The summed E-state index contributed by atoms with van der Waals surface area (Å²) >= 11 is 0. The quantitative estimate of drug-likeness (QED) is 0.339. The minimum atomic E-state index is -0.790. The Hall–Kier alpha value is -3.10. The van der Waals surface area contributed by atoms with Gasteiger partial charge in [0, 0.05) is 50.1 Å². The number of carbonyl (C=O) groups is 1. The summed E-state index contributed by atoms with van der Waals surface area (Å²) in [5, 5.41) is 14.8. The zero-order chi connectivity index (χ0) is 29.1. The number of carboxylic acids is 1. The van der Waals surface area contributed by atoms with Gasteiger partial charge in [-0.15, -0.1) is 0 Å². The predicted octanol–water partition coefficient (Wildman–Crippen LogP) is 5.78. The number of rotatable bonds is 10. The number of likely N-dealkylation sites (tertiary alicyclic amines) is 2. The van der Waals surface area contributed by atoms with Gasteiger partial charge in [-0.2, -0.15) is 5.10 Å². The van der Waals surface area contributed by atoms with E-state index in [0.29, 0.717) is 31.0 Å². The van der Waals surface area contributed by atoms with E-state index in [1.165, 1.54) is 17.8 Å². The van der Waals surface area contributed by atoms with Gasteiger partial charge in [0.25, 0.3) is 0 Å². The van der Waals surface area contributed by atoms with Crippen LogP contribution in [0, 0.1) is 23.5 Å². The molecule has 0 unspecified atom stereocenters. The lowest BCUT2D eigenvalue weighted by Gasteiger charge is -2.35. The van der Waals surface area contributed by atoms with Crippen LogP contribution in [0.1, 0.15) is 68.0 Å². The third kappa shape index (κ3) is 6.70. The van der Waals surface area contributed by atoms with Crippen LogP contribution in [-0.2, 0) is 17.8 Å². The highest BCUT2D eigenvalue weighted by atomic mass is 19.1. The van der Waals surface area contributed by atoms with Crippen LogP contribution in [0.5, 0.6) is 0 Å². The topological polar surface area (TPSA) is 61.6 Å². The molecule has 5 rings (SSSR count). The van der Waals surface area contributed by atoms with Gasteiger partial charge >= 0.3 is 5.97 Å². The molecule has 2 aromatic carbocycles. The molecule has 2 aliphatic heterocycles. The Morgan fingerprint density at radius 3 is 2.46 bits per heavy atom. The average Bonchev–Trinajstić information content (AvgIpc) is 3.54. The summed E-state index contributed by atoms with van der Waals surface area (Å²) in [5.41, 5.74) is 3.74. The van der Waals surface area contributed by atoms with Crippen LogP contribution in [0.15, 0.2) is 54.6 Å². The van der Waals surface area contributed by atoms with Crippen LogP contribution >= 0.6 is 0 Å². The first-order chi connectivity index (χ1) is 19.7. The number of aliphatic carboxylic acids is 1. The fourth-order valence-corrected chi connectivity index (χ4v) is 7.03. The molecule has 0 amide bonds. The van der Waals surface area contributed by atoms with Crippen molar-refractivity contribution in [2.75, 3.05) is 32.7 Å². The maximum absolute atomic E-state index is 14.2. The van der Waals surface area contributed by atoms with E-state index in [1.807, 2.05) is 32.0 Å². The number of aromatic nitrogens is 2. The number of nitrogens with zero attached hydrogens (tertiary/aromatic N) is 4. The SMILES string of the molecule is CCn1nc(Cc2ccccc2F)cc1C1CCN(C[C@H]2CN([C@@H](C(=O)O)C(C)C)C[C@@H]2c2cccc(F)c2)CC1. The van der Waals surface area contributed by atoms with Gasteiger partial charge in [-0.05, 0) is 80.1 Å². The number of aryl methyl sites for hydroxylation is 1. The van der Waals surface area contributed by atoms with E-state index in [4.69, 9.17) is 5.10 Å². The first-order valence-corrected chi connectivity index (χ1v) is 15.0. The molecule has 3 heterocycles. The summed E-state index contributed by atoms with van der Waals surface area (Å²) < 4.78 is 30.5. The lowest BCUT2D eigenvalue weighted by Crippen LogP contribution is -2.44. The van der Waals surface area contributed by atoms with E-state index < -0.39 is 12.0 Å². The highest BCUT2D eigenvalue weighted by Crippen LogP contribution is 2.37. The van der Waals surface area contributed by atoms with E-state index in [-0.39, 0.29) is 29.4 Å². The first-order valence-electron chi connectivity index (χ1n) is 15.0. The molecule has 3 aromatic rings. The van der Waals surface area contributed by atoms with Crippen molar-refractivity contribution in [3.63, 3.8) is 0 Å². The fraction of sp³-hybridized carbons (Fsp3) is 0.515. The summed E-state index contributed by atoms with van der Waals surface area (Å²) in [7, 11) is 0. The first kappa shape index (κ1) is 29.4. The van der Waals surface area contributed by atoms with Gasteiger partial charge in [0.05, 0.1) is 5.69 Å². The van der Waals surface area contributed by atoms with Crippen LogP contribution < -0.4 is 0 Å². The third-order valence-corrected chi connectivity index (χ3v) is 9.01. The Balaban J connectivity index is 1.26. The Labute approximate surface area is 242 Å². The maximum atomic E-state index is 14.2. The Bertz CT molecular complexity index is 1330. The van der Waals surface area contributed by atoms with E-state index in [0.717, 1.165) is 50.3 Å². The molecular formula is C33H42F2N4O2. The Morgan fingerprint density at radius 1 is 1.05 bits per heavy atom. The number of hydrogen-bond acceptors (Lipinski definition) is 4. The molecule has 0 spiro atoms. The van der Waals surface area contributed by atoms with Crippen molar-refractivity contribution in [1.82, 2.24) is 19.6 Å². The number of hydrogen-bond donors (Lipinski definition) is 1. The van der Waals surface area contributed by atoms with Gasteiger partial charge in [0.2, 0.25) is 0 Å². The molecule has 41 heavy (non-hydrogen) atoms. The second-order valence-electron chi connectivity index (χ2n) is 12.1. The van der Waals surface area contributed by atoms with Gasteiger partial charge < -0.3 is 10.0 Å². The van der Waals surface area contributed by atoms with Gasteiger partial charge in [-0.3, -0.25) is 14.4 Å². The third-order valence-electron chi connectivity index (χ3n) is 9.01. The summed E-state index contributed by atoms with van der Waals surface area (Å²) in [4.78, 5) is 16.7. The Kier molecular flexibility index (Phi) is 9.19. The summed E-state index contributed by atoms with van der Waals surface area (Å²) in [5.74, 6) is -0.541. The molecule has 3 atom stereocenters. The van der Waals surface area contributed by atoms with Gasteiger partial charge in [-0.25, -0.2) is 8.78 Å². The number of carboxylic acid groups (broad SMARTS) is 1. The van der Waals surface area contributed by atoms with Crippen molar-refractivity contribution in [2.45, 2.75) is 64.5 Å². The molecule has 1 aromatic heterocycles. The molecule has 2 aliphatic rings. The molecule has 2 saturated heterocycles. The van der Waals surface area contributed by atoms with E-state index in [2.05, 4.69) is 27.5 Å². The molecule has 0 radical (unpaired) electrons. The zero-order valence-electron chi connectivity index (χ0n) is 24.3. The number of benzene rings is 2. The standard InChI is InChI=1S/C33H42F2N4O2/c1-4-39-31(18-28(36-39)17-25-8-5-6-11-30(25)35)23-12-14-37(15-13-23)19-26-20-38(32(22(2)3)33(40)41)21-29(26)24-9-7-10-27(34)16-24/h5-11,16,18,22-23,26,29,32H,4,12-15,17,19-21H2,1-3H3,(H,40,41)/t26-,29+,32+/m0/s1. The molecule has 0 aliphatic carbocycles. The monoisotopic (exact) mass is 564 g/mol. The molecule has 1 N–H and O–H groups in total. The fourth-order valence-electron chi connectivity index (χ4n) is 7.03. The summed E-state index contributed by atoms with van der Waals surface area (Å²) in [6.07, 6.45) is 2.50. The predicted molar refractivity (Wildman–Crippen MR) is 156 cm³/mol. The van der Waals surface area contributed by atoms with Crippen LogP contribution in [0.4, 0.5) is 8.78 Å². The van der Waals surface area contributed by atoms with Gasteiger partial charge in [0.15, 0.2) is 0 Å². The van der Waals surface area contributed by atoms with Crippen molar-refractivity contribution in [1.29, 1.82) is 0 Å². The number of halogens is 2. The lowest BCUT2D eigenvalue weighted by molar-refractivity contribution is -0.144. The largest absolute Gasteiger partial charge is 0.480 e. The second-order valence-corrected chi connectivity index (χ2v) is 12.1. The van der Waals surface area contributed by atoms with Crippen molar-refractivity contribution in [3.05, 3.63) is 88.7 Å². The van der Waals surface area contributed by atoms with Gasteiger partial charge in [0.1, 0.15) is 17.7 Å². The molecule has 0 saturated carbocycles. The zero-order valence-corrected chi connectivity index (χ0v) is 24.3. The van der Waals surface area contributed by atoms with Crippen LogP contribution in [0.2, 0.25) is 0 Å². The van der Waals surface area contributed by atoms with E-state index in [1.54, 1.807) is 18.2 Å². The maximum Gasteiger partial charge on any atom is 0.321 e. The second kappa shape index (κ2) is 12.8. The van der Waals surface area contributed by atoms with Crippen LogP contribution in [-0.4, -0.2) is 69.4 Å². The molecule has 6 nitrogen and oxygen atoms in total. The van der Waals surface area contributed by atoms with E-state index >= 15 is 0 Å². The smallest absolute Gasteiger partial charge is 0.321 e. The average molecular weight is 565 g/mol. The van der Waals surface area contributed by atoms with Crippen molar-refractivity contribution >= 4 is 5.97 Å². The van der Waals surface area contributed by atoms with Crippen LogP contribution in [0.25, 0.3) is 0 Å². The summed E-state index contributed by atoms with van der Waals surface area (Å²) in [6, 6.07) is 15.3. The highest BCUT2D eigenvalue weighted by molar-refractivity contribution is 5.73. The molecule has 0 bridgehead atoms. The van der Waals surface area contributed by atoms with Crippen molar-refractivity contribution in [2.24, 2.45) is 11.8 Å². The molecule has 2 fully saturated rings. The molecular weight excluding hydrogens is 522 g/mol. The van der Waals surface area contributed by atoms with Crippen molar-refractivity contribution in [3.8, 4) is 0 Å². The van der Waals surface area contributed by atoms with Crippen molar-refractivity contribution < 1.29 is 18.7 Å². The Morgan fingerprint density at radius 2 is 1.80 bits per heavy atom. The minimum absolute atomic E-state index is 0.0122.